The van der Waals surface area contributed by atoms with Crippen LogP contribution in [0.25, 0.3) is 0 Å². The van der Waals surface area contributed by atoms with Crippen molar-refractivity contribution in [1.82, 2.24) is 5.16 Å². The highest BCUT2D eigenvalue weighted by molar-refractivity contribution is 5.96. The summed E-state index contributed by atoms with van der Waals surface area (Å²) in [6.07, 6.45) is -1.02. The van der Waals surface area contributed by atoms with E-state index in [0.717, 1.165) is 0 Å². The average Bonchev–Trinajstić information content (AvgIpc) is 2.45. The van der Waals surface area contributed by atoms with Crippen molar-refractivity contribution >= 4 is 17.8 Å². The number of rotatable bonds is 3. The normalized spacial score (nSPS) is 12.1. The zero-order chi connectivity index (χ0) is 11.6. The third-order valence-electron chi connectivity index (χ3n) is 1.78. The Kier molecular flexibility index (Phi) is 2.93. The van der Waals surface area contributed by atoms with Gasteiger partial charge in [-0.2, -0.15) is 0 Å². The van der Waals surface area contributed by atoms with Crippen molar-refractivity contribution in [3.63, 3.8) is 0 Å². The second-order valence-corrected chi connectivity index (χ2v) is 2.96. The van der Waals surface area contributed by atoms with E-state index in [1.807, 2.05) is 0 Å². The minimum absolute atomic E-state index is 0.0168. The monoisotopic (exact) mass is 213 g/mol. The maximum absolute atomic E-state index is 11.5. The minimum Gasteiger partial charge on any atom is -0.449 e. The summed E-state index contributed by atoms with van der Waals surface area (Å²) in [6, 6.07) is 0. The first-order valence-electron chi connectivity index (χ1n) is 4.15. The summed E-state index contributed by atoms with van der Waals surface area (Å²) in [7, 11) is 0. The standard InChI is InChI=1S/C8H11N3O4/c1-3-5(7(10)15-11-3)8(13)14-4(2)6(9)12/h4H,10H2,1-2H3,(H2,9,12)/t4-/m0/s1. The molecule has 82 valence electrons. The Morgan fingerprint density at radius 2 is 2.13 bits per heavy atom. The molecule has 1 aromatic rings. The molecule has 0 radical (unpaired) electrons. The van der Waals surface area contributed by atoms with Crippen molar-refractivity contribution < 1.29 is 18.8 Å². The smallest absolute Gasteiger partial charge is 0.346 e. The van der Waals surface area contributed by atoms with E-state index in [9.17, 15) is 9.59 Å². The number of esters is 1. The number of hydrogen-bond donors (Lipinski definition) is 2. The van der Waals surface area contributed by atoms with Crippen LogP contribution >= 0.6 is 0 Å². The number of aromatic nitrogens is 1. The Labute approximate surface area is 85.3 Å². The van der Waals surface area contributed by atoms with Gasteiger partial charge in [0.2, 0.25) is 5.88 Å². The summed E-state index contributed by atoms with van der Waals surface area (Å²) in [6.45, 7) is 2.89. The van der Waals surface area contributed by atoms with Crippen LogP contribution in [0.4, 0.5) is 5.88 Å². The van der Waals surface area contributed by atoms with Gasteiger partial charge >= 0.3 is 5.97 Å². The molecular weight excluding hydrogens is 202 g/mol. The Bertz CT molecular complexity index is 379. The number of amides is 1. The van der Waals surface area contributed by atoms with E-state index in [1.54, 1.807) is 0 Å². The summed E-state index contributed by atoms with van der Waals surface area (Å²) in [4.78, 5) is 22.1. The van der Waals surface area contributed by atoms with Crippen molar-refractivity contribution in [1.29, 1.82) is 0 Å². The highest BCUT2D eigenvalue weighted by atomic mass is 16.5. The Morgan fingerprint density at radius 3 is 2.53 bits per heavy atom. The third kappa shape index (κ3) is 2.25. The van der Waals surface area contributed by atoms with Gasteiger partial charge in [0.15, 0.2) is 6.10 Å². The topological polar surface area (TPSA) is 121 Å². The van der Waals surface area contributed by atoms with Gasteiger partial charge in [-0.05, 0) is 13.8 Å². The third-order valence-corrected chi connectivity index (χ3v) is 1.78. The zero-order valence-electron chi connectivity index (χ0n) is 8.31. The van der Waals surface area contributed by atoms with Gasteiger partial charge in [0.25, 0.3) is 5.91 Å². The lowest BCUT2D eigenvalue weighted by atomic mass is 10.2. The second kappa shape index (κ2) is 3.99. The van der Waals surface area contributed by atoms with Crippen LogP contribution in [0.3, 0.4) is 0 Å². The highest BCUT2D eigenvalue weighted by Gasteiger charge is 2.23. The van der Waals surface area contributed by atoms with Crippen molar-refractivity contribution in [3.05, 3.63) is 11.3 Å². The fraction of sp³-hybridized carbons (Fsp3) is 0.375. The number of anilines is 1. The van der Waals surface area contributed by atoms with Gasteiger partial charge in [0.1, 0.15) is 5.56 Å². The van der Waals surface area contributed by atoms with E-state index in [4.69, 9.17) is 16.2 Å². The first kappa shape index (κ1) is 11.0. The average molecular weight is 213 g/mol. The molecule has 0 unspecified atom stereocenters. The summed E-state index contributed by atoms with van der Waals surface area (Å²) in [5.41, 5.74) is 10.6. The predicted octanol–water partition coefficient (Wildman–Crippen LogP) is -0.404. The van der Waals surface area contributed by atoms with Crippen LogP contribution in [0.15, 0.2) is 4.52 Å². The summed E-state index contributed by atoms with van der Waals surface area (Å²) < 4.78 is 9.29. The molecule has 0 saturated heterocycles. The largest absolute Gasteiger partial charge is 0.449 e. The Balaban J connectivity index is 2.82. The summed E-state index contributed by atoms with van der Waals surface area (Å²) in [5, 5.41) is 3.47. The van der Waals surface area contributed by atoms with Crippen LogP contribution in [0.2, 0.25) is 0 Å². The predicted molar refractivity (Wildman–Crippen MR) is 49.7 cm³/mol. The number of ether oxygens (including phenoxy) is 1. The molecule has 0 spiro atoms. The maximum atomic E-state index is 11.5. The number of nitrogens with two attached hydrogens (primary N) is 2. The Morgan fingerprint density at radius 1 is 1.53 bits per heavy atom. The number of nitrogens with zero attached hydrogens (tertiary/aromatic N) is 1. The lowest BCUT2D eigenvalue weighted by Crippen LogP contribution is -2.30. The first-order chi connectivity index (χ1) is 6.93. The van der Waals surface area contributed by atoms with E-state index < -0.39 is 18.0 Å². The fourth-order valence-electron chi connectivity index (χ4n) is 0.913. The molecule has 1 aromatic heterocycles. The van der Waals surface area contributed by atoms with E-state index in [1.165, 1.54) is 13.8 Å². The second-order valence-electron chi connectivity index (χ2n) is 2.96. The lowest BCUT2D eigenvalue weighted by molar-refractivity contribution is -0.125. The van der Waals surface area contributed by atoms with Gasteiger partial charge in [0.05, 0.1) is 5.69 Å². The number of primary amides is 1. The lowest BCUT2D eigenvalue weighted by Gasteiger charge is -2.08. The van der Waals surface area contributed by atoms with Crippen LogP contribution in [0.5, 0.6) is 0 Å². The summed E-state index contributed by atoms with van der Waals surface area (Å²) in [5.74, 6) is -1.66. The molecule has 1 amide bonds. The molecule has 7 heteroatoms. The van der Waals surface area contributed by atoms with E-state index >= 15 is 0 Å². The van der Waals surface area contributed by atoms with E-state index in [-0.39, 0.29) is 11.4 Å². The molecule has 0 aliphatic rings. The number of carbonyl (C=O) groups excluding carboxylic acids is 2. The van der Waals surface area contributed by atoms with Gasteiger partial charge < -0.3 is 20.7 Å². The molecule has 1 heterocycles. The highest BCUT2D eigenvalue weighted by Crippen LogP contribution is 2.17. The molecule has 0 aromatic carbocycles. The van der Waals surface area contributed by atoms with Crippen molar-refractivity contribution in [2.45, 2.75) is 20.0 Å². The number of aryl methyl sites for hydroxylation is 1. The molecule has 1 atom stereocenters. The first-order valence-corrected chi connectivity index (χ1v) is 4.15. The van der Waals surface area contributed by atoms with Gasteiger partial charge in [-0.15, -0.1) is 0 Å². The van der Waals surface area contributed by atoms with E-state index in [0.29, 0.717) is 5.69 Å². The van der Waals surface area contributed by atoms with Crippen molar-refractivity contribution in [2.24, 2.45) is 5.73 Å². The molecule has 0 bridgehead atoms. The van der Waals surface area contributed by atoms with Gasteiger partial charge in [0, 0.05) is 0 Å². The van der Waals surface area contributed by atoms with Crippen LogP contribution in [-0.4, -0.2) is 23.1 Å². The van der Waals surface area contributed by atoms with Gasteiger partial charge in [-0.25, -0.2) is 4.79 Å². The molecule has 15 heavy (non-hydrogen) atoms. The van der Waals surface area contributed by atoms with Crippen LogP contribution in [0, 0.1) is 6.92 Å². The number of carbonyl (C=O) groups is 2. The van der Waals surface area contributed by atoms with Crippen LogP contribution in [0.1, 0.15) is 23.0 Å². The van der Waals surface area contributed by atoms with Crippen molar-refractivity contribution in [2.75, 3.05) is 5.73 Å². The minimum atomic E-state index is -1.02. The quantitative estimate of drug-likeness (QED) is 0.658. The molecule has 0 saturated carbocycles. The van der Waals surface area contributed by atoms with Crippen molar-refractivity contribution in [3.8, 4) is 0 Å². The molecule has 0 aliphatic heterocycles. The van der Waals surface area contributed by atoms with Gasteiger partial charge in [-0.1, -0.05) is 5.16 Å². The molecule has 0 fully saturated rings. The summed E-state index contributed by atoms with van der Waals surface area (Å²) >= 11 is 0. The zero-order valence-corrected chi connectivity index (χ0v) is 8.31. The molecule has 1 rings (SSSR count). The maximum Gasteiger partial charge on any atom is 0.346 e. The molecule has 0 aliphatic carbocycles. The number of nitrogen functional groups attached to an aromatic ring is 1. The Hall–Kier alpha value is -2.05. The van der Waals surface area contributed by atoms with Crippen LogP contribution < -0.4 is 11.5 Å². The molecule has 4 N–H and O–H groups in total. The SMILES string of the molecule is Cc1noc(N)c1C(=O)O[C@@H](C)C(N)=O. The fourth-order valence-corrected chi connectivity index (χ4v) is 0.913. The number of hydrogen-bond acceptors (Lipinski definition) is 6. The molecule has 7 nitrogen and oxygen atoms in total. The van der Waals surface area contributed by atoms with E-state index in [2.05, 4.69) is 9.68 Å². The van der Waals surface area contributed by atoms with Gasteiger partial charge in [-0.3, -0.25) is 4.79 Å². The van der Waals surface area contributed by atoms with Crippen LogP contribution in [-0.2, 0) is 9.53 Å². The molecular formula is C8H11N3O4.